The van der Waals surface area contributed by atoms with E-state index in [9.17, 15) is 99.0 Å². The van der Waals surface area contributed by atoms with Crippen LogP contribution in [0, 0.1) is 0 Å². The molecular formula is C75H123N10O27P5. The predicted molar refractivity (Wildman–Crippen MR) is 461 cm³/mol. The van der Waals surface area contributed by atoms with Crippen molar-refractivity contribution in [2.45, 2.75) is 189 Å². The Morgan fingerprint density at radius 3 is 1.16 bits per heavy atom. The standard InChI is InChI=1S/C16H25N2O7P.C15H25N2O6P.C15H25N2O5P.C15H25N2O4P.C14H23N2O5P/c1-9(19)8-24-11-7-18(16(23)17-14(11)22)15-13(21)12(20)10(25-15)5-6-26(2,3)4;1-5-22-10-8-17(15(21)16-13(10)20)14-12(19)11(18)9(23-14)6-7-24(2,3)4;1-5-9-8-17(15(21)16-13(9)20)14-12(19)11(18)10(22-14)6-7-23(2,3)4;1-9-8-17(10(2)16-14(9)20)15-13(19)12(18)11(21-15)6-7-22(3,4)5;1-16-13(19)8(7-15-14(16)20)12-11(18)10(17)9(21-12)5-6-22(2,3)4/h7,10,12-13,15,20-21H,2,5-6,8H2,1,3-4H3,(H,17,22,23);8-9,11-12,14,18-19H,2,5-7H2,1,3-4H3,(H,16,20,21);8,10-12,14,18-19H,2,5-7H2,1,3-4H3,(H,16,20,21);8,11-13,15,18-19H,2-3,6-7H2,1,4-5H3,(H,16,20);7,9-12,17-18H,2,5-6H2,1,3-4H3,(H,15,20)/t10?,12-,13-,15?;9?,11-,12-,14?;10?,11-,12-,14?;11-,12-,13-,15?;9-,10-,11-,12?/m11111/s1. The largest absolute Gasteiger partial charge is 0.487 e. The van der Waals surface area contributed by atoms with Gasteiger partial charge in [0.2, 0.25) is 11.5 Å². The highest BCUT2D eigenvalue weighted by molar-refractivity contribution is 7.73. The van der Waals surface area contributed by atoms with Gasteiger partial charge in [-0.2, -0.15) is 0 Å². The third-order valence-electron chi connectivity index (χ3n) is 19.7. The maximum absolute atomic E-state index is 12.1. The summed E-state index contributed by atoms with van der Waals surface area (Å²) < 4.78 is 42.9. The Morgan fingerprint density at radius 2 is 0.803 bits per heavy atom. The molecule has 6 aliphatic heterocycles. The second-order valence-electron chi connectivity index (χ2n) is 33.5. The fourth-order valence-corrected chi connectivity index (χ4v) is 17.7. The molecule has 10 heterocycles. The summed E-state index contributed by atoms with van der Waals surface area (Å²) in [6.07, 6.45) is 15.1. The van der Waals surface area contributed by atoms with Gasteiger partial charge in [0.15, 0.2) is 30.7 Å². The van der Waals surface area contributed by atoms with Crippen LogP contribution in [0.15, 0.2) is 87.3 Å². The zero-order chi connectivity index (χ0) is 88.4. The number of ether oxygens (including phenoxy) is 7. The van der Waals surface area contributed by atoms with E-state index in [1.165, 1.54) is 32.6 Å². The van der Waals surface area contributed by atoms with Crippen molar-refractivity contribution in [2.75, 3.05) is 111 Å². The van der Waals surface area contributed by atoms with Crippen LogP contribution in [-0.4, -0.2) is 346 Å². The Bertz CT molecular complexity index is 4940. The van der Waals surface area contributed by atoms with Crippen molar-refractivity contribution in [3.63, 3.8) is 0 Å². The van der Waals surface area contributed by atoms with Crippen molar-refractivity contribution in [3.8, 4) is 11.5 Å². The van der Waals surface area contributed by atoms with Gasteiger partial charge in [-0.25, -0.2) is 19.2 Å². The quantitative estimate of drug-likeness (QED) is 0.0314. The number of nitrogens with one attached hydrogen (secondary N) is 5. The molecular weight excluding hydrogens is 1630 g/mol. The average Bonchev–Trinajstić information content (AvgIpc) is 1.62. The number of hydrogen-bond acceptors (Lipinski definition) is 28. The molecule has 42 heteroatoms. The number of H-pyrrole nitrogens is 4. The van der Waals surface area contributed by atoms with Gasteiger partial charge in [-0.05, 0) is 157 Å². The zero-order valence-corrected chi connectivity index (χ0v) is 73.7. The van der Waals surface area contributed by atoms with E-state index >= 15 is 0 Å². The molecule has 4 aromatic rings. The number of ketones is 1. The van der Waals surface area contributed by atoms with E-state index in [4.69, 9.17) is 33.2 Å². The Kier molecular flexibility index (Phi) is 35.3. The molecule has 4 aromatic heterocycles. The Morgan fingerprint density at radius 1 is 0.470 bits per heavy atom. The normalized spacial score (nSPS) is 28.6. The van der Waals surface area contributed by atoms with Gasteiger partial charge in [0.1, 0.15) is 79.6 Å². The summed E-state index contributed by atoms with van der Waals surface area (Å²) >= 11 is 0. The summed E-state index contributed by atoms with van der Waals surface area (Å²) in [6, 6.07) is 0. The molecule has 0 spiro atoms. The molecule has 0 bridgehead atoms. The van der Waals surface area contributed by atoms with Gasteiger partial charge < -0.3 is 99.4 Å². The monoisotopic (exact) mass is 1750 g/mol. The van der Waals surface area contributed by atoms with Crippen molar-refractivity contribution in [1.82, 2.24) is 48.4 Å². The minimum absolute atomic E-state index is 0.0457. The van der Waals surface area contributed by atoms with Crippen LogP contribution in [0.5, 0.6) is 11.5 Å². The second-order valence-corrected chi connectivity index (χ2v) is 55.0. The lowest BCUT2D eigenvalue weighted by atomic mass is 10.0. The molecule has 660 valence electrons. The maximum atomic E-state index is 12.1. The maximum Gasteiger partial charge on any atom is 0.330 e. The summed E-state index contributed by atoms with van der Waals surface area (Å²) in [4.78, 5) is 128. The van der Waals surface area contributed by atoms with E-state index < -0.39 is 202 Å². The van der Waals surface area contributed by atoms with Crippen LogP contribution in [0.3, 0.4) is 0 Å². The first-order valence-electron chi connectivity index (χ1n) is 38.0. The topological polar surface area (TPSA) is 536 Å². The van der Waals surface area contributed by atoms with Crippen molar-refractivity contribution in [3.05, 3.63) is 143 Å². The number of aliphatic hydroxyl groups excluding tert-OH is 10. The van der Waals surface area contributed by atoms with Crippen molar-refractivity contribution in [1.29, 1.82) is 0 Å². The molecule has 10 rings (SSSR count). The Labute approximate surface area is 678 Å². The minimum Gasteiger partial charge on any atom is -0.487 e. The first-order chi connectivity index (χ1) is 54.0. The molecule has 20 atom stereocenters. The summed E-state index contributed by atoms with van der Waals surface area (Å²) in [7, 11) is 1.34. The Balaban J connectivity index is 0.000000227. The summed E-state index contributed by atoms with van der Waals surface area (Å²) in [5, 5.41) is 105. The van der Waals surface area contributed by atoms with Crippen LogP contribution < -0.4 is 59.8 Å². The number of aliphatic hydroxyl groups is 10. The van der Waals surface area contributed by atoms with Crippen LogP contribution >= 0.6 is 34.4 Å². The number of rotatable bonds is 26. The van der Waals surface area contributed by atoms with Gasteiger partial charge in [0, 0.05) is 36.8 Å². The predicted octanol–water partition coefficient (Wildman–Crippen LogP) is -1.63. The molecule has 0 saturated carbocycles. The van der Waals surface area contributed by atoms with Crippen LogP contribution in [0.4, 0.5) is 0 Å². The third kappa shape index (κ3) is 27.6. The van der Waals surface area contributed by atoms with Crippen LogP contribution in [0.1, 0.15) is 95.7 Å². The fraction of sp³-hybridized carbons (Fsp3) is 0.640. The smallest absolute Gasteiger partial charge is 0.330 e. The molecule has 0 aliphatic carbocycles. The number of carbonyl (C=O) groups is 2. The summed E-state index contributed by atoms with van der Waals surface area (Å²) in [5.74, 6) is -0.491. The highest BCUT2D eigenvalue weighted by Gasteiger charge is 2.50. The molecule has 0 aromatic carbocycles. The van der Waals surface area contributed by atoms with E-state index in [1.54, 1.807) is 31.9 Å². The molecule has 5 saturated heterocycles. The average molecular weight is 1750 g/mol. The van der Waals surface area contributed by atoms with E-state index in [-0.39, 0.29) is 42.0 Å². The van der Waals surface area contributed by atoms with Crippen molar-refractivity contribution >= 4 is 77.6 Å². The van der Waals surface area contributed by atoms with E-state index in [1.807, 2.05) is 13.3 Å². The summed E-state index contributed by atoms with van der Waals surface area (Å²) in [6.45, 7) is 24.6. The molecule has 1 amide bonds. The third-order valence-corrected chi connectivity index (χ3v) is 27.0. The van der Waals surface area contributed by atoms with Gasteiger partial charge in [-0.15, -0.1) is 65.9 Å². The van der Waals surface area contributed by atoms with Gasteiger partial charge in [0.25, 0.3) is 28.1 Å². The second kappa shape index (κ2) is 41.5. The number of aromatic nitrogens is 8. The SMILES string of the molecule is C=C1NC(=O)C(C)=CN1C1O[C@H](CCP(=C)(C)C)[C@@H](O)[C@H]1O.C=P(C)(C)CCC1OC(n2cc(CC)c(=O)[nH]c2=O)[C@H](O)[C@@H]1O.C=P(C)(C)CCC1OC(n2cc(OCC(C)=O)c(=O)[nH]c2=O)[C@H](O)[C@@H]1O.C=P(C)(C)CCC1OC(n2cc(OCC)c(=O)[nH]c2=O)[C@H](O)[C@@H]1O.C=P(C)(C)CC[C@H]1OC(c2c[nH]c(=O)n(C)c2=O)[C@H](O)[C@@H]1O. The first kappa shape index (κ1) is 99.5. The molecule has 8 unspecified atom stereocenters. The van der Waals surface area contributed by atoms with Crippen molar-refractivity contribution in [2.24, 2.45) is 7.05 Å². The molecule has 6 aliphatic rings. The summed E-state index contributed by atoms with van der Waals surface area (Å²) in [5.41, 5.74) is -4.11. The van der Waals surface area contributed by atoms with E-state index in [0.29, 0.717) is 55.5 Å². The van der Waals surface area contributed by atoms with Crippen molar-refractivity contribution < 1.29 is 93.8 Å². The number of aryl methyl sites for hydroxylation is 1. The zero-order valence-electron chi connectivity index (χ0n) is 69.3. The lowest BCUT2D eigenvalue weighted by molar-refractivity contribution is -0.120. The van der Waals surface area contributed by atoms with Crippen LogP contribution in [-0.2, 0) is 46.7 Å². The molecule has 117 heavy (non-hydrogen) atoms. The van der Waals surface area contributed by atoms with Gasteiger partial charge in [-0.3, -0.25) is 62.0 Å². The van der Waals surface area contributed by atoms with Crippen LogP contribution in [0.2, 0.25) is 0 Å². The number of carbonyl (C=O) groups excluding carboxylic acids is 2. The number of nitrogens with zero attached hydrogens (tertiary/aromatic N) is 5. The van der Waals surface area contributed by atoms with Crippen LogP contribution in [0.25, 0.3) is 0 Å². The Hall–Kier alpha value is -6.36. The highest BCUT2D eigenvalue weighted by Crippen LogP contribution is 2.44. The molecule has 5 fully saturated rings. The van der Waals surface area contributed by atoms with Gasteiger partial charge in [-0.1, -0.05) is 13.5 Å². The number of aromatic amines is 4. The van der Waals surface area contributed by atoms with Gasteiger partial charge >= 0.3 is 22.8 Å². The molecule has 0 radical (unpaired) electrons. The lowest BCUT2D eigenvalue weighted by Gasteiger charge is -2.34. The fourth-order valence-electron chi connectivity index (χ4n) is 12.9. The van der Waals surface area contributed by atoms with E-state index in [2.05, 4.69) is 117 Å². The number of Topliss-reactive ketones (excluding diaryl/α,β-unsaturated/α-hetero) is 1. The lowest BCUT2D eigenvalue weighted by Crippen LogP contribution is -2.47. The minimum atomic E-state index is -1.35. The van der Waals surface area contributed by atoms with Gasteiger partial charge in [0.05, 0.1) is 55.1 Å². The first-order valence-corrected chi connectivity index (χ1v) is 53.3. The number of hydrogen-bond donors (Lipinski definition) is 15. The molecule has 37 nitrogen and oxygen atoms in total. The molecule has 15 N–H and O–H groups in total. The highest BCUT2D eigenvalue weighted by atomic mass is 31.2. The van der Waals surface area contributed by atoms with E-state index in [0.717, 1.165) is 55.3 Å². The number of amides is 1.